The van der Waals surface area contributed by atoms with Crippen LogP contribution in [0.25, 0.3) is 10.1 Å². The van der Waals surface area contributed by atoms with Crippen molar-refractivity contribution in [3.8, 4) is 0 Å². The van der Waals surface area contributed by atoms with Crippen LogP contribution in [0.3, 0.4) is 0 Å². The van der Waals surface area contributed by atoms with Gasteiger partial charge in [-0.3, -0.25) is 9.59 Å². The van der Waals surface area contributed by atoms with Crippen LogP contribution in [0.2, 0.25) is 0 Å². The predicted octanol–water partition coefficient (Wildman–Crippen LogP) is 8.88. The molecule has 0 amide bonds. The van der Waals surface area contributed by atoms with Gasteiger partial charge in [0, 0.05) is 26.3 Å². The first-order valence-electron chi connectivity index (χ1n) is 13.3. The van der Waals surface area contributed by atoms with Crippen molar-refractivity contribution in [2.75, 3.05) is 0 Å². The van der Waals surface area contributed by atoms with Crippen LogP contribution in [-0.4, -0.2) is 11.9 Å². The number of hydrogen-bond donors (Lipinski definition) is 0. The van der Waals surface area contributed by atoms with Crippen LogP contribution in [0.4, 0.5) is 0 Å². The maximum Gasteiger partial charge on any atom is 0.312 e. The fourth-order valence-electron chi connectivity index (χ4n) is 4.40. The minimum atomic E-state index is -0.692. The lowest BCUT2D eigenvalue weighted by Crippen LogP contribution is -2.28. The first-order valence-corrected chi connectivity index (χ1v) is 14.1. The molecular weight excluding hydrogens is 504 g/mol. The van der Waals surface area contributed by atoms with E-state index in [9.17, 15) is 9.59 Å². The monoisotopic (exact) mass is 542 g/mol. The van der Waals surface area contributed by atoms with Crippen LogP contribution >= 0.6 is 11.3 Å². The number of carbonyl (C=O) groups excluding carboxylic acids is 2. The minimum Gasteiger partial charge on any atom is -0.452 e. The van der Waals surface area contributed by atoms with Gasteiger partial charge in [0.1, 0.15) is 0 Å². The van der Waals surface area contributed by atoms with Crippen molar-refractivity contribution >= 4 is 33.4 Å². The summed E-state index contributed by atoms with van der Waals surface area (Å²) < 4.78 is 13.8. The van der Waals surface area contributed by atoms with E-state index >= 15 is 0 Å². The van der Waals surface area contributed by atoms with E-state index in [4.69, 9.17) is 9.47 Å². The van der Waals surface area contributed by atoms with Crippen molar-refractivity contribution in [3.63, 3.8) is 0 Å². The maximum atomic E-state index is 13.4. The summed E-state index contributed by atoms with van der Waals surface area (Å²) in [5.41, 5.74) is 3.15. The summed E-state index contributed by atoms with van der Waals surface area (Å²) in [6, 6.07) is 24.0. The average molecular weight is 543 g/mol. The van der Waals surface area contributed by atoms with Gasteiger partial charge in [0.15, 0.2) is 12.2 Å². The number of aryl methyl sites for hydroxylation is 2. The Labute approximate surface area is 236 Å². The second-order valence-corrected chi connectivity index (χ2v) is 13.4. The van der Waals surface area contributed by atoms with Gasteiger partial charge in [-0.15, -0.1) is 11.3 Å². The second-order valence-electron chi connectivity index (χ2n) is 12.2. The molecule has 0 aliphatic rings. The molecule has 2 unspecified atom stereocenters. The summed E-state index contributed by atoms with van der Waals surface area (Å²) in [5.74, 6) is -0.598. The molecule has 39 heavy (non-hydrogen) atoms. The summed E-state index contributed by atoms with van der Waals surface area (Å²) in [6.07, 6.45) is -1.35. The molecule has 0 aliphatic heterocycles. The molecule has 3 aromatic carbocycles. The van der Waals surface area contributed by atoms with E-state index < -0.39 is 23.0 Å². The fraction of sp³-hybridized carbons (Fsp3) is 0.353. The first kappa shape index (κ1) is 28.6. The topological polar surface area (TPSA) is 52.6 Å². The Morgan fingerprint density at radius 3 is 1.72 bits per heavy atom. The summed E-state index contributed by atoms with van der Waals surface area (Å²) >= 11 is 1.69. The van der Waals surface area contributed by atoms with Gasteiger partial charge in [0.2, 0.25) is 0 Å². The lowest BCUT2D eigenvalue weighted by molar-refractivity contribution is -0.158. The Hall–Kier alpha value is -3.44. The lowest BCUT2D eigenvalue weighted by Gasteiger charge is -2.29. The molecule has 2 atom stereocenters. The summed E-state index contributed by atoms with van der Waals surface area (Å²) in [5, 5.41) is 1.06. The molecule has 5 heteroatoms. The molecule has 204 valence electrons. The van der Waals surface area contributed by atoms with Crippen LogP contribution in [0.15, 0.2) is 72.8 Å². The number of ether oxygens (including phenoxy) is 2. The highest BCUT2D eigenvalue weighted by Gasteiger charge is 2.35. The number of hydrogen-bond acceptors (Lipinski definition) is 5. The van der Waals surface area contributed by atoms with E-state index in [-0.39, 0.29) is 11.9 Å². The molecule has 0 bridgehead atoms. The molecule has 0 radical (unpaired) electrons. The Balaban J connectivity index is 1.95. The van der Waals surface area contributed by atoms with Crippen LogP contribution in [0.5, 0.6) is 0 Å². The number of carbonyl (C=O) groups is 2. The zero-order chi connectivity index (χ0) is 28.5. The largest absolute Gasteiger partial charge is 0.452 e. The molecule has 0 aliphatic carbocycles. The SMILES string of the molecule is Cc1ccc(C(OC(=O)C(C)(C)C)c2ccccc2C(OC(=O)C(C)(C)C)c2c(C)sc3ccccc23)cc1. The van der Waals surface area contributed by atoms with Crippen LogP contribution in [0.1, 0.15) is 86.4 Å². The van der Waals surface area contributed by atoms with Gasteiger partial charge in [-0.2, -0.15) is 0 Å². The van der Waals surface area contributed by atoms with Gasteiger partial charge in [-0.25, -0.2) is 0 Å². The normalized spacial score (nSPS) is 13.6. The highest BCUT2D eigenvalue weighted by molar-refractivity contribution is 7.19. The Kier molecular flexibility index (Phi) is 8.04. The van der Waals surface area contributed by atoms with Gasteiger partial charge >= 0.3 is 11.9 Å². The van der Waals surface area contributed by atoms with Gasteiger partial charge in [-0.1, -0.05) is 72.3 Å². The van der Waals surface area contributed by atoms with E-state index in [2.05, 4.69) is 19.1 Å². The zero-order valence-electron chi connectivity index (χ0n) is 24.1. The highest BCUT2D eigenvalue weighted by Crippen LogP contribution is 2.43. The quantitative estimate of drug-likeness (QED) is 0.228. The summed E-state index contributed by atoms with van der Waals surface area (Å²) in [6.45, 7) is 15.2. The Bertz CT molecular complexity index is 1480. The number of benzene rings is 3. The molecule has 4 nitrogen and oxygen atoms in total. The van der Waals surface area contributed by atoms with Crippen LogP contribution < -0.4 is 0 Å². The zero-order valence-corrected chi connectivity index (χ0v) is 24.9. The van der Waals surface area contributed by atoms with Crippen molar-refractivity contribution in [1.82, 2.24) is 0 Å². The van der Waals surface area contributed by atoms with Crippen molar-refractivity contribution in [2.24, 2.45) is 10.8 Å². The van der Waals surface area contributed by atoms with Gasteiger partial charge < -0.3 is 9.47 Å². The van der Waals surface area contributed by atoms with Crippen LogP contribution in [-0.2, 0) is 19.1 Å². The molecule has 0 N–H and O–H groups in total. The number of fused-ring (bicyclic) bond motifs is 1. The molecule has 4 rings (SSSR count). The van der Waals surface area contributed by atoms with Crippen molar-refractivity contribution in [2.45, 2.75) is 67.6 Å². The molecule has 1 aromatic heterocycles. The molecule has 0 saturated carbocycles. The third kappa shape index (κ3) is 6.25. The molecule has 0 fully saturated rings. The van der Waals surface area contributed by atoms with E-state index in [1.165, 1.54) is 0 Å². The maximum absolute atomic E-state index is 13.4. The predicted molar refractivity (Wildman–Crippen MR) is 159 cm³/mol. The number of esters is 2. The Morgan fingerprint density at radius 1 is 0.667 bits per heavy atom. The van der Waals surface area contributed by atoms with Gasteiger partial charge in [-0.05, 0) is 72.4 Å². The minimum absolute atomic E-state index is 0.296. The standard InChI is InChI=1S/C34H38O4S/c1-21-17-19-23(20-18-21)29(37-31(35)33(3,4)5)24-13-9-10-14-25(24)30(38-32(36)34(6,7)8)28-22(2)39-27-16-12-11-15-26(27)28/h9-20,29-30H,1-8H3. The molecule has 4 aromatic rings. The number of thiophene rings is 1. The Morgan fingerprint density at radius 2 is 1.15 bits per heavy atom. The van der Waals surface area contributed by atoms with Gasteiger partial charge in [0.05, 0.1) is 10.8 Å². The molecule has 1 heterocycles. The average Bonchev–Trinajstić information content (AvgIpc) is 3.20. The van der Waals surface area contributed by atoms with Gasteiger partial charge in [0.25, 0.3) is 0 Å². The van der Waals surface area contributed by atoms with E-state index in [1.54, 1.807) is 11.3 Å². The van der Waals surface area contributed by atoms with Crippen LogP contribution in [0, 0.1) is 24.7 Å². The van der Waals surface area contributed by atoms with E-state index in [1.807, 2.05) is 109 Å². The smallest absolute Gasteiger partial charge is 0.312 e. The summed E-state index contributed by atoms with van der Waals surface area (Å²) in [4.78, 5) is 27.7. The second kappa shape index (κ2) is 11.0. The van der Waals surface area contributed by atoms with Crippen molar-refractivity contribution in [1.29, 1.82) is 0 Å². The third-order valence-electron chi connectivity index (χ3n) is 6.70. The van der Waals surface area contributed by atoms with E-state index in [0.717, 1.165) is 42.8 Å². The van der Waals surface area contributed by atoms with E-state index in [0.29, 0.717) is 0 Å². The molecular formula is C34H38O4S. The summed E-state index contributed by atoms with van der Waals surface area (Å²) in [7, 11) is 0. The fourth-order valence-corrected chi connectivity index (χ4v) is 5.49. The molecule has 0 saturated heterocycles. The van der Waals surface area contributed by atoms with Crippen molar-refractivity contribution < 1.29 is 19.1 Å². The lowest BCUT2D eigenvalue weighted by atomic mass is 9.89. The third-order valence-corrected chi connectivity index (χ3v) is 7.80. The first-order chi connectivity index (χ1) is 18.3. The number of rotatable bonds is 6. The highest BCUT2D eigenvalue weighted by atomic mass is 32.1. The molecule has 0 spiro atoms. The van der Waals surface area contributed by atoms with Crippen molar-refractivity contribution in [3.05, 3.63) is 105 Å².